The smallest absolute Gasteiger partial charge is 0.254 e. The molecule has 21 heavy (non-hydrogen) atoms. The fourth-order valence-electron chi connectivity index (χ4n) is 6.61. The van der Waals surface area contributed by atoms with Crippen molar-refractivity contribution in [2.75, 3.05) is 0 Å². The topological polar surface area (TPSA) is 45.8 Å². The summed E-state index contributed by atoms with van der Waals surface area (Å²) >= 11 is 0. The summed E-state index contributed by atoms with van der Waals surface area (Å²) in [5.41, 5.74) is 2.75. The minimum Gasteiger partial charge on any atom is -0.310 e. The van der Waals surface area contributed by atoms with Crippen LogP contribution in [0.5, 0.6) is 0 Å². The molecular weight excluding hydrogens is 260 g/mol. The predicted octanol–water partition coefficient (Wildman–Crippen LogP) is 3.63. The number of hydrogen-bond acceptors (Lipinski definition) is 2. The first-order chi connectivity index (χ1) is 9.73. The van der Waals surface area contributed by atoms with Crippen molar-refractivity contribution in [1.29, 1.82) is 0 Å². The van der Waals surface area contributed by atoms with Crippen molar-refractivity contribution in [2.45, 2.75) is 71.6 Å². The maximum Gasteiger partial charge on any atom is 0.254 e. The van der Waals surface area contributed by atoms with Gasteiger partial charge < -0.3 is 4.98 Å². The highest BCUT2D eigenvalue weighted by molar-refractivity contribution is 5.24. The van der Waals surface area contributed by atoms with Gasteiger partial charge >= 0.3 is 0 Å². The molecule has 4 bridgehead atoms. The van der Waals surface area contributed by atoms with Gasteiger partial charge in [0.2, 0.25) is 0 Å². The number of H-pyrrole nitrogens is 1. The van der Waals surface area contributed by atoms with Crippen molar-refractivity contribution in [2.24, 2.45) is 16.7 Å². The maximum absolute atomic E-state index is 12.2. The molecule has 1 N–H and O–H groups in total. The molecule has 4 aliphatic carbocycles. The van der Waals surface area contributed by atoms with E-state index in [1.165, 1.54) is 38.5 Å². The van der Waals surface area contributed by atoms with Crippen LogP contribution in [0.4, 0.5) is 0 Å². The van der Waals surface area contributed by atoms with Crippen LogP contribution in [0.1, 0.15) is 69.5 Å². The van der Waals surface area contributed by atoms with Gasteiger partial charge in [-0.2, -0.15) is 0 Å². The van der Waals surface area contributed by atoms with E-state index in [-0.39, 0.29) is 11.0 Å². The second kappa shape index (κ2) is 3.80. The van der Waals surface area contributed by atoms with Crippen LogP contribution in [0.25, 0.3) is 0 Å². The summed E-state index contributed by atoms with van der Waals surface area (Å²) < 4.78 is 0. The average molecular weight is 286 g/mol. The Labute approximate surface area is 126 Å². The number of aromatic nitrogens is 2. The monoisotopic (exact) mass is 286 g/mol. The Morgan fingerprint density at radius 2 is 1.67 bits per heavy atom. The van der Waals surface area contributed by atoms with Crippen molar-refractivity contribution in [1.82, 2.24) is 9.97 Å². The van der Waals surface area contributed by atoms with E-state index in [2.05, 4.69) is 18.8 Å². The van der Waals surface area contributed by atoms with Crippen LogP contribution in [0.2, 0.25) is 0 Å². The Hall–Kier alpha value is -1.12. The van der Waals surface area contributed by atoms with Gasteiger partial charge in [0.15, 0.2) is 0 Å². The lowest BCUT2D eigenvalue weighted by Crippen LogP contribution is -2.57. The zero-order chi connectivity index (χ0) is 15.0. The van der Waals surface area contributed by atoms with E-state index in [1.54, 1.807) is 0 Å². The molecule has 0 spiro atoms. The quantitative estimate of drug-likeness (QED) is 0.856. The third-order valence-electron chi connectivity index (χ3n) is 6.52. The standard InChI is InChI=1S/C18H26N2O/c1-11-12(2)19-15(20-14(11)21)18-7-13-5-16(3,9-18)8-17(4,6-13)10-18/h13H,5-10H2,1-4H3,(H,19,20,21). The van der Waals surface area contributed by atoms with E-state index in [9.17, 15) is 4.79 Å². The summed E-state index contributed by atoms with van der Waals surface area (Å²) in [5.74, 6) is 1.81. The van der Waals surface area contributed by atoms with Crippen LogP contribution in [0.3, 0.4) is 0 Å². The lowest BCUT2D eigenvalue weighted by molar-refractivity contribution is -0.112. The molecule has 3 heteroatoms. The first kappa shape index (κ1) is 13.5. The third-order valence-corrected chi connectivity index (χ3v) is 6.52. The van der Waals surface area contributed by atoms with Gasteiger partial charge in [-0.05, 0) is 69.1 Å². The Morgan fingerprint density at radius 3 is 2.19 bits per heavy atom. The van der Waals surface area contributed by atoms with Crippen molar-refractivity contribution in [3.05, 3.63) is 27.4 Å². The van der Waals surface area contributed by atoms with Crippen LogP contribution >= 0.6 is 0 Å². The van der Waals surface area contributed by atoms with E-state index in [0.717, 1.165) is 23.0 Å². The number of nitrogens with zero attached hydrogens (tertiary/aromatic N) is 1. The fourth-order valence-corrected chi connectivity index (χ4v) is 6.61. The minimum absolute atomic E-state index is 0.0588. The summed E-state index contributed by atoms with van der Waals surface area (Å²) in [4.78, 5) is 20.2. The molecule has 4 aliphatic rings. The van der Waals surface area contributed by atoms with Gasteiger partial charge in [0.25, 0.3) is 5.56 Å². The Bertz CT molecular complexity index is 656. The molecule has 0 amide bonds. The van der Waals surface area contributed by atoms with Crippen molar-refractivity contribution < 1.29 is 0 Å². The summed E-state index contributed by atoms with van der Waals surface area (Å²) in [5, 5.41) is 0. The zero-order valence-corrected chi connectivity index (χ0v) is 13.7. The number of aromatic amines is 1. The molecule has 4 saturated carbocycles. The molecule has 1 heterocycles. The molecule has 0 radical (unpaired) electrons. The zero-order valence-electron chi connectivity index (χ0n) is 13.7. The summed E-state index contributed by atoms with van der Waals surface area (Å²) in [7, 11) is 0. The van der Waals surface area contributed by atoms with Gasteiger partial charge in [-0.15, -0.1) is 0 Å². The number of hydrogen-bond donors (Lipinski definition) is 1. The van der Waals surface area contributed by atoms with E-state index in [1.807, 2.05) is 13.8 Å². The van der Waals surface area contributed by atoms with Crippen LogP contribution in [-0.2, 0) is 5.41 Å². The van der Waals surface area contributed by atoms with Gasteiger partial charge in [-0.1, -0.05) is 13.8 Å². The number of rotatable bonds is 1. The van der Waals surface area contributed by atoms with E-state index >= 15 is 0 Å². The average Bonchev–Trinajstić information content (AvgIpc) is 2.30. The second-order valence-electron chi connectivity index (χ2n) is 9.04. The fraction of sp³-hybridized carbons (Fsp3) is 0.778. The van der Waals surface area contributed by atoms with Crippen molar-refractivity contribution >= 4 is 0 Å². The summed E-state index contributed by atoms with van der Waals surface area (Å²) in [6, 6.07) is 0. The lowest BCUT2D eigenvalue weighted by atomic mass is 9.40. The number of nitrogens with one attached hydrogen (secondary N) is 1. The Morgan fingerprint density at radius 1 is 1.05 bits per heavy atom. The molecule has 0 aromatic carbocycles. The molecule has 114 valence electrons. The van der Waals surface area contributed by atoms with E-state index in [0.29, 0.717) is 10.8 Å². The van der Waals surface area contributed by atoms with Crippen LogP contribution in [-0.4, -0.2) is 9.97 Å². The van der Waals surface area contributed by atoms with Crippen molar-refractivity contribution in [3.63, 3.8) is 0 Å². The molecule has 1 aromatic rings. The normalized spacial score (nSPS) is 44.3. The second-order valence-corrected chi connectivity index (χ2v) is 9.04. The predicted molar refractivity (Wildman–Crippen MR) is 83.4 cm³/mol. The minimum atomic E-state index is 0.0588. The van der Waals surface area contributed by atoms with Crippen LogP contribution in [0.15, 0.2) is 4.79 Å². The highest BCUT2D eigenvalue weighted by atomic mass is 16.1. The first-order valence-electron chi connectivity index (χ1n) is 8.31. The van der Waals surface area contributed by atoms with E-state index in [4.69, 9.17) is 4.98 Å². The number of aryl methyl sites for hydroxylation is 1. The lowest BCUT2D eigenvalue weighted by Gasteiger charge is -2.65. The molecule has 0 saturated heterocycles. The Kier molecular flexibility index (Phi) is 2.45. The maximum atomic E-state index is 12.2. The van der Waals surface area contributed by atoms with Gasteiger partial charge in [0.1, 0.15) is 5.82 Å². The molecule has 5 rings (SSSR count). The largest absolute Gasteiger partial charge is 0.310 e. The summed E-state index contributed by atoms with van der Waals surface area (Å²) in [6.45, 7) is 8.76. The highest BCUT2D eigenvalue weighted by Crippen LogP contribution is 2.69. The van der Waals surface area contributed by atoms with Crippen molar-refractivity contribution in [3.8, 4) is 0 Å². The molecule has 4 fully saturated rings. The highest BCUT2D eigenvalue weighted by Gasteiger charge is 2.61. The molecule has 0 aliphatic heterocycles. The van der Waals surface area contributed by atoms with Crippen LogP contribution in [0, 0.1) is 30.6 Å². The first-order valence-corrected chi connectivity index (χ1v) is 8.31. The van der Waals surface area contributed by atoms with Gasteiger partial charge in [0, 0.05) is 16.7 Å². The van der Waals surface area contributed by atoms with Gasteiger partial charge in [-0.25, -0.2) is 4.98 Å². The molecule has 1 aromatic heterocycles. The SMILES string of the molecule is Cc1nc(C23CC4CC(C)(CC(C)(C4)C2)C3)[nH]c(=O)c1C. The molecule has 3 nitrogen and oxygen atoms in total. The van der Waals surface area contributed by atoms with E-state index < -0.39 is 0 Å². The van der Waals surface area contributed by atoms with Crippen LogP contribution < -0.4 is 5.56 Å². The van der Waals surface area contributed by atoms with Gasteiger partial charge in [-0.3, -0.25) is 4.79 Å². The third kappa shape index (κ3) is 1.85. The molecule has 2 atom stereocenters. The Balaban J connectivity index is 1.86. The molecule has 2 unspecified atom stereocenters. The van der Waals surface area contributed by atoms with Gasteiger partial charge in [0.05, 0.1) is 0 Å². The molecular formula is C18H26N2O. The summed E-state index contributed by atoms with van der Waals surface area (Å²) in [6.07, 6.45) is 7.74.